The number of sulfonamides is 1. The smallest absolute Gasteiger partial charge is 0.465 e. The molecule has 0 fully saturated rings. The van der Waals surface area contributed by atoms with Crippen LogP contribution in [0, 0.1) is 0 Å². The minimum Gasteiger partial charge on any atom is -0.465 e. The van der Waals surface area contributed by atoms with Gasteiger partial charge in [0.25, 0.3) is 0 Å². The minimum atomic E-state index is -5.01. The van der Waals surface area contributed by atoms with Crippen LogP contribution < -0.4 is 0 Å². The summed E-state index contributed by atoms with van der Waals surface area (Å²) in [4.78, 5) is 28.2. The fraction of sp³-hybridized carbons (Fsp3) is 0.381. The number of fused-ring (bicyclic) bond motifs is 1. The van der Waals surface area contributed by atoms with E-state index in [0.717, 1.165) is 4.31 Å². The molecule has 0 saturated heterocycles. The second-order valence-electron chi connectivity index (χ2n) is 7.30. The summed E-state index contributed by atoms with van der Waals surface area (Å²) in [6.45, 7) is 0.396. The number of carbonyl (C=O) groups excluding carboxylic acids is 2. The van der Waals surface area contributed by atoms with E-state index in [1.54, 1.807) is 25.1 Å². The molecule has 1 aliphatic heterocycles. The zero-order chi connectivity index (χ0) is 24.2. The zero-order valence-electron chi connectivity index (χ0n) is 17.7. The molecule has 0 aliphatic carbocycles. The van der Waals surface area contributed by atoms with Crippen molar-refractivity contribution >= 4 is 21.9 Å². The summed E-state index contributed by atoms with van der Waals surface area (Å²) in [6.07, 6.45) is -3.37. The first-order chi connectivity index (χ1) is 15.5. The second kappa shape index (κ2) is 9.87. The van der Waals surface area contributed by atoms with Crippen molar-refractivity contribution in [3.63, 3.8) is 0 Å². The number of benzene rings is 1. The summed E-state index contributed by atoms with van der Waals surface area (Å²) >= 11 is 0. The highest BCUT2D eigenvalue weighted by Gasteiger charge is 2.43. The van der Waals surface area contributed by atoms with E-state index in [1.807, 2.05) is 0 Å². The van der Waals surface area contributed by atoms with Gasteiger partial charge in [0, 0.05) is 19.3 Å². The highest BCUT2D eigenvalue weighted by molar-refractivity contribution is 7.89. The number of pyridine rings is 1. The number of amides is 1. The van der Waals surface area contributed by atoms with E-state index in [4.69, 9.17) is 4.74 Å². The van der Waals surface area contributed by atoms with Gasteiger partial charge in [-0.25, -0.2) is 8.42 Å². The lowest BCUT2D eigenvalue weighted by atomic mass is 10.00. The van der Waals surface area contributed by atoms with Crippen LogP contribution in [-0.4, -0.2) is 60.4 Å². The molecule has 1 aliphatic rings. The van der Waals surface area contributed by atoms with Crippen LogP contribution in [0.3, 0.4) is 0 Å². The van der Waals surface area contributed by atoms with Crippen molar-refractivity contribution in [3.8, 4) is 0 Å². The highest BCUT2D eigenvalue weighted by atomic mass is 32.2. The van der Waals surface area contributed by atoms with E-state index in [1.165, 1.54) is 24.4 Å². The van der Waals surface area contributed by atoms with Crippen LogP contribution in [0.2, 0.25) is 0 Å². The number of alkyl halides is 3. The van der Waals surface area contributed by atoms with Gasteiger partial charge in [0.2, 0.25) is 10.0 Å². The van der Waals surface area contributed by atoms with Crippen LogP contribution in [0.5, 0.6) is 0 Å². The van der Waals surface area contributed by atoms with Gasteiger partial charge in [-0.2, -0.15) is 17.5 Å². The number of hydrogen-bond donors (Lipinski definition) is 0. The van der Waals surface area contributed by atoms with Gasteiger partial charge in [-0.05, 0) is 48.7 Å². The second-order valence-corrected chi connectivity index (χ2v) is 9.24. The number of hydrogen-bond acceptors (Lipinski definition) is 6. The highest BCUT2D eigenvalue weighted by Crippen LogP contribution is 2.28. The molecule has 3 rings (SSSR count). The van der Waals surface area contributed by atoms with Crippen LogP contribution in [0.4, 0.5) is 13.2 Å². The van der Waals surface area contributed by atoms with Crippen LogP contribution in [0.1, 0.15) is 23.7 Å². The molecule has 0 saturated carbocycles. The maximum Gasteiger partial charge on any atom is 0.471 e. The molecule has 0 radical (unpaired) electrons. The predicted octanol–water partition coefficient (Wildman–Crippen LogP) is 2.28. The SMILES string of the molecule is CCOC(=O)CN(Cc1ccccn1)S(=O)(=O)c1ccc2c(c1)CN(C(=O)C(F)(F)F)CC2. The van der Waals surface area contributed by atoms with Crippen molar-refractivity contribution in [1.82, 2.24) is 14.2 Å². The molecule has 178 valence electrons. The number of nitrogens with zero attached hydrogens (tertiary/aromatic N) is 3. The monoisotopic (exact) mass is 485 g/mol. The number of aromatic nitrogens is 1. The molecular weight excluding hydrogens is 463 g/mol. The third-order valence-electron chi connectivity index (χ3n) is 5.03. The summed E-state index contributed by atoms with van der Waals surface area (Å²) in [7, 11) is -4.25. The Bertz CT molecular complexity index is 1120. The summed E-state index contributed by atoms with van der Waals surface area (Å²) < 4.78 is 71.0. The Morgan fingerprint density at radius 2 is 1.94 bits per heavy atom. The van der Waals surface area contributed by atoms with Gasteiger partial charge < -0.3 is 9.64 Å². The van der Waals surface area contributed by atoms with E-state index in [0.29, 0.717) is 21.7 Å². The number of carbonyl (C=O) groups is 2. The molecule has 0 N–H and O–H groups in total. The van der Waals surface area contributed by atoms with Crippen molar-refractivity contribution in [3.05, 3.63) is 59.4 Å². The summed E-state index contributed by atoms with van der Waals surface area (Å²) in [5.74, 6) is -2.72. The molecule has 0 spiro atoms. The fourth-order valence-corrected chi connectivity index (χ4v) is 4.85. The van der Waals surface area contributed by atoms with Crippen molar-refractivity contribution in [2.24, 2.45) is 0 Å². The van der Waals surface area contributed by atoms with E-state index >= 15 is 0 Å². The molecule has 8 nitrogen and oxygen atoms in total. The summed E-state index contributed by atoms with van der Waals surface area (Å²) in [5.41, 5.74) is 1.35. The Morgan fingerprint density at radius 1 is 1.18 bits per heavy atom. The zero-order valence-corrected chi connectivity index (χ0v) is 18.5. The standard InChI is InChI=1S/C21H22F3N3O5S/c1-2-32-19(28)14-27(13-17-5-3-4-9-25-17)33(30,31)18-7-6-15-8-10-26(12-16(15)11-18)20(29)21(22,23)24/h3-7,9,11H,2,8,10,12-14H2,1H3. The van der Waals surface area contributed by atoms with Crippen LogP contribution in [-0.2, 0) is 43.9 Å². The van der Waals surface area contributed by atoms with E-state index in [2.05, 4.69) is 4.98 Å². The van der Waals surface area contributed by atoms with Gasteiger partial charge in [-0.3, -0.25) is 14.6 Å². The van der Waals surface area contributed by atoms with E-state index in [9.17, 15) is 31.2 Å². The molecule has 1 aromatic carbocycles. The van der Waals surface area contributed by atoms with Crippen molar-refractivity contribution in [1.29, 1.82) is 0 Å². The van der Waals surface area contributed by atoms with Gasteiger partial charge in [0.1, 0.15) is 6.54 Å². The molecule has 1 aromatic heterocycles. The number of esters is 1. The van der Waals surface area contributed by atoms with Gasteiger partial charge in [-0.15, -0.1) is 0 Å². The lowest BCUT2D eigenvalue weighted by Crippen LogP contribution is -2.43. The summed E-state index contributed by atoms with van der Waals surface area (Å²) in [5, 5.41) is 0. The maximum atomic E-state index is 13.4. The Morgan fingerprint density at radius 3 is 2.58 bits per heavy atom. The Labute approximate surface area is 189 Å². The molecule has 33 heavy (non-hydrogen) atoms. The first kappa shape index (κ1) is 24.6. The first-order valence-electron chi connectivity index (χ1n) is 10.1. The van der Waals surface area contributed by atoms with Crippen molar-refractivity contribution < 1.29 is 35.9 Å². The van der Waals surface area contributed by atoms with E-state index < -0.39 is 34.6 Å². The Balaban J connectivity index is 1.92. The quantitative estimate of drug-likeness (QED) is 0.559. The third kappa shape index (κ3) is 5.88. The number of ether oxygens (including phenoxy) is 1. The predicted molar refractivity (Wildman–Crippen MR) is 110 cm³/mol. The number of rotatable bonds is 7. The Kier molecular flexibility index (Phi) is 7.38. The molecule has 0 unspecified atom stereocenters. The molecule has 2 aromatic rings. The fourth-order valence-electron chi connectivity index (χ4n) is 3.44. The first-order valence-corrected chi connectivity index (χ1v) is 11.5. The van der Waals surface area contributed by atoms with Gasteiger partial charge in [0.15, 0.2) is 0 Å². The molecule has 0 atom stereocenters. The minimum absolute atomic E-state index is 0.0677. The van der Waals surface area contributed by atoms with E-state index in [-0.39, 0.29) is 37.6 Å². The van der Waals surface area contributed by atoms with Crippen LogP contribution in [0.15, 0.2) is 47.5 Å². The maximum absolute atomic E-state index is 13.4. The van der Waals surface area contributed by atoms with Crippen molar-refractivity contribution in [2.45, 2.75) is 37.5 Å². The number of halogens is 3. The third-order valence-corrected chi connectivity index (χ3v) is 6.82. The topological polar surface area (TPSA) is 96.9 Å². The molecule has 2 heterocycles. The Hall–Kier alpha value is -2.99. The largest absolute Gasteiger partial charge is 0.471 e. The van der Waals surface area contributed by atoms with Gasteiger partial charge in [0.05, 0.1) is 23.7 Å². The molecule has 12 heteroatoms. The lowest BCUT2D eigenvalue weighted by Gasteiger charge is -2.30. The van der Waals surface area contributed by atoms with Gasteiger partial charge >= 0.3 is 18.1 Å². The molecular formula is C21H22F3N3O5S. The molecule has 1 amide bonds. The van der Waals surface area contributed by atoms with Gasteiger partial charge in [-0.1, -0.05) is 12.1 Å². The van der Waals surface area contributed by atoms with Crippen LogP contribution >= 0.6 is 0 Å². The van der Waals surface area contributed by atoms with Crippen LogP contribution in [0.25, 0.3) is 0 Å². The summed E-state index contributed by atoms with van der Waals surface area (Å²) in [6, 6.07) is 9.03. The average molecular weight is 485 g/mol. The lowest BCUT2D eigenvalue weighted by molar-refractivity contribution is -0.186. The average Bonchev–Trinajstić information content (AvgIpc) is 2.77. The molecule has 0 bridgehead atoms. The normalized spacial score (nSPS) is 14.2. The van der Waals surface area contributed by atoms with Crippen molar-refractivity contribution in [2.75, 3.05) is 19.7 Å².